The third-order valence-corrected chi connectivity index (χ3v) is 3.88. The van der Waals surface area contributed by atoms with Gasteiger partial charge in [0.2, 0.25) is 0 Å². The molecule has 0 aliphatic carbocycles. The van der Waals surface area contributed by atoms with Gasteiger partial charge in [0.25, 0.3) is 0 Å². The molecule has 2 N–H and O–H groups in total. The van der Waals surface area contributed by atoms with Crippen molar-refractivity contribution < 1.29 is 4.74 Å². The molecule has 1 fully saturated rings. The lowest BCUT2D eigenvalue weighted by Gasteiger charge is -2.31. The molecule has 1 atom stereocenters. The molecule has 1 unspecified atom stereocenters. The number of likely N-dealkylation sites (tertiary alicyclic amines) is 1. The topological polar surface area (TPSA) is 62.3 Å². The normalized spacial score (nSPS) is 19.8. The highest BCUT2D eigenvalue weighted by atomic mass is 16.5. The Balaban J connectivity index is 1.95. The summed E-state index contributed by atoms with van der Waals surface area (Å²) in [5.41, 5.74) is 6.92. The van der Waals surface area contributed by atoms with Gasteiger partial charge in [0.1, 0.15) is 17.4 Å². The molecule has 1 saturated heterocycles. The summed E-state index contributed by atoms with van der Waals surface area (Å²) < 4.78 is 5.82. The lowest BCUT2D eigenvalue weighted by Crippen LogP contribution is -2.39. The van der Waals surface area contributed by atoms with Crippen LogP contribution in [-0.2, 0) is 0 Å². The summed E-state index contributed by atoms with van der Waals surface area (Å²) in [5.74, 6) is 1.11. The monoisotopic (exact) mass is 273 g/mol. The molecule has 20 heavy (non-hydrogen) atoms. The summed E-state index contributed by atoms with van der Waals surface area (Å²) in [6.07, 6.45) is 1.14. The van der Waals surface area contributed by atoms with Crippen LogP contribution in [0.2, 0.25) is 0 Å². The SMILES string of the molecule is CC(C)(C)N1CCC(COc2cccc(N)c2C#N)C1. The van der Waals surface area contributed by atoms with Gasteiger partial charge in [0, 0.05) is 18.0 Å². The fraction of sp³-hybridized carbons (Fsp3) is 0.562. The maximum atomic E-state index is 9.12. The molecule has 4 nitrogen and oxygen atoms in total. The van der Waals surface area contributed by atoms with Crippen molar-refractivity contribution in [3.8, 4) is 11.8 Å². The second kappa shape index (κ2) is 5.72. The van der Waals surface area contributed by atoms with E-state index in [4.69, 9.17) is 15.7 Å². The van der Waals surface area contributed by atoms with Gasteiger partial charge in [-0.3, -0.25) is 4.90 Å². The van der Waals surface area contributed by atoms with Gasteiger partial charge < -0.3 is 10.5 Å². The molecule has 0 aromatic heterocycles. The molecule has 108 valence electrons. The molecular weight excluding hydrogens is 250 g/mol. The standard InChI is InChI=1S/C16H23N3O/c1-16(2,3)19-8-7-12(10-19)11-20-15-6-4-5-14(18)13(15)9-17/h4-6,12H,7-8,10-11,18H2,1-3H3. The number of hydrogen-bond donors (Lipinski definition) is 1. The Morgan fingerprint density at radius 3 is 2.80 bits per heavy atom. The lowest BCUT2D eigenvalue weighted by atomic mass is 10.1. The molecule has 0 amide bonds. The average Bonchev–Trinajstić information content (AvgIpc) is 2.85. The Morgan fingerprint density at radius 1 is 1.45 bits per heavy atom. The van der Waals surface area contributed by atoms with E-state index < -0.39 is 0 Å². The van der Waals surface area contributed by atoms with Crippen molar-refractivity contribution in [1.29, 1.82) is 5.26 Å². The molecule has 0 spiro atoms. The molecule has 1 aromatic carbocycles. The van der Waals surface area contributed by atoms with Gasteiger partial charge in [-0.25, -0.2) is 0 Å². The molecule has 4 heteroatoms. The number of nitrogens with two attached hydrogens (primary N) is 1. The van der Waals surface area contributed by atoms with Crippen LogP contribution in [0.5, 0.6) is 5.75 Å². The molecule has 0 bridgehead atoms. The Hall–Kier alpha value is -1.73. The highest BCUT2D eigenvalue weighted by Crippen LogP contribution is 2.27. The number of anilines is 1. The second-order valence-electron chi connectivity index (χ2n) is 6.41. The van der Waals surface area contributed by atoms with Gasteiger partial charge in [0.05, 0.1) is 12.3 Å². The molecule has 0 radical (unpaired) electrons. The minimum Gasteiger partial charge on any atom is -0.492 e. The zero-order chi connectivity index (χ0) is 14.8. The van der Waals surface area contributed by atoms with E-state index in [1.807, 2.05) is 12.1 Å². The van der Waals surface area contributed by atoms with E-state index in [2.05, 4.69) is 31.7 Å². The van der Waals surface area contributed by atoms with Gasteiger partial charge in [-0.05, 0) is 45.9 Å². The molecule has 0 saturated carbocycles. The molecule has 1 aliphatic rings. The third-order valence-electron chi connectivity index (χ3n) is 3.88. The Kier molecular flexibility index (Phi) is 4.20. The first-order valence-electron chi connectivity index (χ1n) is 7.08. The number of benzene rings is 1. The second-order valence-corrected chi connectivity index (χ2v) is 6.41. The summed E-state index contributed by atoms with van der Waals surface area (Å²) in [6.45, 7) is 9.52. The largest absolute Gasteiger partial charge is 0.492 e. The third kappa shape index (κ3) is 3.23. The van der Waals surface area contributed by atoms with Crippen molar-refractivity contribution in [2.75, 3.05) is 25.4 Å². The number of hydrogen-bond acceptors (Lipinski definition) is 4. The van der Waals surface area contributed by atoms with Crippen LogP contribution in [-0.4, -0.2) is 30.1 Å². The van der Waals surface area contributed by atoms with Crippen LogP contribution in [0.15, 0.2) is 18.2 Å². The van der Waals surface area contributed by atoms with Crippen LogP contribution >= 0.6 is 0 Å². The van der Waals surface area contributed by atoms with Crippen LogP contribution in [0.25, 0.3) is 0 Å². The van der Waals surface area contributed by atoms with Crippen LogP contribution in [0.1, 0.15) is 32.8 Å². The summed E-state index contributed by atoms with van der Waals surface area (Å²) >= 11 is 0. The summed E-state index contributed by atoms with van der Waals surface area (Å²) in [6, 6.07) is 7.47. The van der Waals surface area contributed by atoms with E-state index >= 15 is 0 Å². The van der Waals surface area contributed by atoms with Crippen LogP contribution in [0.4, 0.5) is 5.69 Å². The zero-order valence-electron chi connectivity index (χ0n) is 12.5. The fourth-order valence-corrected chi connectivity index (χ4v) is 2.57. The van der Waals surface area contributed by atoms with Gasteiger partial charge >= 0.3 is 0 Å². The van der Waals surface area contributed by atoms with E-state index in [-0.39, 0.29) is 5.54 Å². The van der Waals surface area contributed by atoms with Crippen molar-refractivity contribution in [3.05, 3.63) is 23.8 Å². The molecular formula is C16H23N3O. The first kappa shape index (κ1) is 14.7. The predicted molar refractivity (Wildman–Crippen MR) is 80.5 cm³/mol. The first-order chi connectivity index (χ1) is 9.41. The summed E-state index contributed by atoms with van der Waals surface area (Å²) in [4.78, 5) is 2.48. The van der Waals surface area contributed by atoms with Crippen molar-refractivity contribution in [1.82, 2.24) is 4.90 Å². The average molecular weight is 273 g/mol. The predicted octanol–water partition coefficient (Wildman–Crippen LogP) is 2.64. The Bertz CT molecular complexity index is 513. The number of ether oxygens (including phenoxy) is 1. The summed E-state index contributed by atoms with van der Waals surface area (Å²) in [5, 5.41) is 9.12. The van der Waals surface area contributed by atoms with Gasteiger partial charge in [-0.1, -0.05) is 6.07 Å². The van der Waals surface area contributed by atoms with E-state index in [1.165, 1.54) is 0 Å². The smallest absolute Gasteiger partial charge is 0.139 e. The maximum absolute atomic E-state index is 9.12. The van der Waals surface area contributed by atoms with Crippen molar-refractivity contribution in [2.24, 2.45) is 5.92 Å². The number of nitrogen functional groups attached to an aromatic ring is 1. The lowest BCUT2D eigenvalue weighted by molar-refractivity contribution is 0.158. The van der Waals surface area contributed by atoms with Crippen LogP contribution in [0.3, 0.4) is 0 Å². The van der Waals surface area contributed by atoms with Crippen LogP contribution in [0, 0.1) is 17.2 Å². The van der Waals surface area contributed by atoms with Crippen LogP contribution < -0.4 is 10.5 Å². The molecule has 1 aromatic rings. The van der Waals surface area contributed by atoms with Gasteiger partial charge in [0.15, 0.2) is 0 Å². The van der Waals surface area contributed by atoms with Gasteiger partial charge in [-0.15, -0.1) is 0 Å². The minimum absolute atomic E-state index is 0.212. The summed E-state index contributed by atoms with van der Waals surface area (Å²) in [7, 11) is 0. The molecule has 1 heterocycles. The Labute approximate surface area is 121 Å². The highest BCUT2D eigenvalue weighted by molar-refractivity contribution is 5.60. The molecule has 1 aliphatic heterocycles. The number of nitriles is 1. The van der Waals surface area contributed by atoms with E-state index in [0.29, 0.717) is 29.5 Å². The van der Waals surface area contributed by atoms with Crippen molar-refractivity contribution in [2.45, 2.75) is 32.7 Å². The fourth-order valence-electron chi connectivity index (χ4n) is 2.57. The minimum atomic E-state index is 0.212. The van der Waals surface area contributed by atoms with E-state index in [0.717, 1.165) is 19.5 Å². The van der Waals surface area contributed by atoms with Gasteiger partial charge in [-0.2, -0.15) is 5.26 Å². The van der Waals surface area contributed by atoms with Crippen molar-refractivity contribution >= 4 is 5.69 Å². The number of nitrogens with zero attached hydrogens (tertiary/aromatic N) is 2. The number of rotatable bonds is 3. The zero-order valence-corrected chi connectivity index (χ0v) is 12.5. The quantitative estimate of drug-likeness (QED) is 0.860. The van der Waals surface area contributed by atoms with Crippen molar-refractivity contribution in [3.63, 3.8) is 0 Å². The maximum Gasteiger partial charge on any atom is 0.139 e. The Morgan fingerprint density at radius 2 is 2.20 bits per heavy atom. The van der Waals surface area contributed by atoms with E-state index in [1.54, 1.807) is 6.07 Å². The first-order valence-corrected chi connectivity index (χ1v) is 7.08. The molecule has 2 rings (SSSR count). The van der Waals surface area contributed by atoms with E-state index in [9.17, 15) is 0 Å². The highest BCUT2D eigenvalue weighted by Gasteiger charge is 2.30.